The van der Waals surface area contributed by atoms with E-state index >= 15 is 0 Å². The van der Waals surface area contributed by atoms with Crippen molar-refractivity contribution in [2.24, 2.45) is 5.92 Å². The van der Waals surface area contributed by atoms with E-state index in [1.165, 1.54) is 13.8 Å². The van der Waals surface area contributed by atoms with Crippen molar-refractivity contribution in [2.45, 2.75) is 20.3 Å². The molecule has 0 N–H and O–H groups in total. The number of hydrogen-bond acceptors (Lipinski definition) is 5. The quantitative estimate of drug-likeness (QED) is 0.752. The third-order valence-corrected chi connectivity index (χ3v) is 4.31. The molecule has 0 spiro atoms. The van der Waals surface area contributed by atoms with Gasteiger partial charge in [0.15, 0.2) is 0 Å². The van der Waals surface area contributed by atoms with Crippen LogP contribution in [0.4, 0.5) is 5.69 Å². The third-order valence-electron chi connectivity index (χ3n) is 4.31. The fourth-order valence-electron chi connectivity index (χ4n) is 2.86. The molecule has 1 aromatic carbocycles. The van der Waals surface area contributed by atoms with E-state index in [9.17, 15) is 14.9 Å². The van der Waals surface area contributed by atoms with E-state index in [1.807, 2.05) is 12.1 Å². The van der Waals surface area contributed by atoms with Crippen LogP contribution in [0.3, 0.4) is 0 Å². The number of allylic oxidation sites excluding steroid dienone is 1. The molecule has 0 bridgehead atoms. The average Bonchev–Trinajstić information content (AvgIpc) is 2.59. The molecule has 0 radical (unpaired) electrons. The zero-order valence-corrected chi connectivity index (χ0v) is 14.2. The summed E-state index contributed by atoms with van der Waals surface area (Å²) in [6, 6.07) is 7.81. The van der Waals surface area contributed by atoms with Crippen LogP contribution in [0.2, 0.25) is 0 Å². The highest BCUT2D eigenvalue weighted by Crippen LogP contribution is 2.28. The summed E-state index contributed by atoms with van der Waals surface area (Å²) >= 11 is 0. The number of ketones is 2. The van der Waals surface area contributed by atoms with Crippen molar-refractivity contribution in [1.29, 1.82) is 5.26 Å². The summed E-state index contributed by atoms with van der Waals surface area (Å²) in [6.07, 6.45) is 0.284. The molecule has 0 aliphatic carbocycles. The average molecular weight is 326 g/mol. The van der Waals surface area contributed by atoms with Crippen molar-refractivity contribution in [3.05, 3.63) is 35.9 Å². The van der Waals surface area contributed by atoms with Gasteiger partial charge in [-0.1, -0.05) is 12.6 Å². The van der Waals surface area contributed by atoms with Gasteiger partial charge in [0.05, 0.1) is 30.4 Å². The zero-order valence-electron chi connectivity index (χ0n) is 14.2. The number of nitriles is 1. The van der Waals surface area contributed by atoms with Crippen LogP contribution in [0.1, 0.15) is 31.4 Å². The lowest BCUT2D eigenvalue weighted by Crippen LogP contribution is -2.36. The molecular formula is C19H22N2O3. The molecule has 5 nitrogen and oxygen atoms in total. The number of rotatable bonds is 6. The Balaban J connectivity index is 2.22. The smallest absolute Gasteiger partial charge is 0.140 e. The molecule has 1 heterocycles. The maximum atomic E-state index is 11.6. The van der Waals surface area contributed by atoms with E-state index < -0.39 is 5.92 Å². The number of Topliss-reactive ketones (excluding diaryl/α,β-unsaturated/α-hetero) is 2. The van der Waals surface area contributed by atoms with E-state index in [0.29, 0.717) is 24.4 Å². The van der Waals surface area contributed by atoms with Crippen molar-refractivity contribution in [3.8, 4) is 6.07 Å². The minimum Gasteiger partial charge on any atom is -0.378 e. The van der Waals surface area contributed by atoms with Crippen LogP contribution in [-0.2, 0) is 14.3 Å². The van der Waals surface area contributed by atoms with Crippen LogP contribution in [-0.4, -0.2) is 37.9 Å². The van der Waals surface area contributed by atoms with Gasteiger partial charge in [-0.25, -0.2) is 0 Å². The fourth-order valence-corrected chi connectivity index (χ4v) is 2.86. The minimum absolute atomic E-state index is 0.158. The lowest BCUT2D eigenvalue weighted by molar-refractivity contribution is -0.130. The predicted octanol–water partition coefficient (Wildman–Crippen LogP) is 2.59. The van der Waals surface area contributed by atoms with E-state index in [0.717, 1.165) is 24.3 Å². The van der Waals surface area contributed by atoms with Gasteiger partial charge in [0.1, 0.15) is 17.6 Å². The number of carbonyl (C=O) groups excluding carboxylic acids is 2. The Bertz CT molecular complexity index is 683. The van der Waals surface area contributed by atoms with Gasteiger partial charge in [-0.3, -0.25) is 9.59 Å². The van der Waals surface area contributed by atoms with Gasteiger partial charge >= 0.3 is 0 Å². The second-order valence-corrected chi connectivity index (χ2v) is 6.02. The number of hydrogen-bond donors (Lipinski definition) is 0. The summed E-state index contributed by atoms with van der Waals surface area (Å²) in [4.78, 5) is 25.3. The van der Waals surface area contributed by atoms with Crippen molar-refractivity contribution < 1.29 is 14.3 Å². The first-order chi connectivity index (χ1) is 11.4. The highest BCUT2D eigenvalue weighted by Gasteiger charge is 2.22. The lowest BCUT2D eigenvalue weighted by Gasteiger charge is -2.29. The van der Waals surface area contributed by atoms with Gasteiger partial charge in [0.2, 0.25) is 0 Å². The zero-order chi connectivity index (χ0) is 17.7. The molecule has 2 rings (SSSR count). The summed E-state index contributed by atoms with van der Waals surface area (Å²) < 4.78 is 5.34. The Labute approximate surface area is 142 Å². The number of carbonyl (C=O) groups is 2. The van der Waals surface area contributed by atoms with Gasteiger partial charge in [-0.2, -0.15) is 5.26 Å². The maximum Gasteiger partial charge on any atom is 0.140 e. The summed E-state index contributed by atoms with van der Waals surface area (Å²) in [6.45, 7) is 9.65. The van der Waals surface area contributed by atoms with Crippen molar-refractivity contribution in [1.82, 2.24) is 0 Å². The van der Waals surface area contributed by atoms with Crippen LogP contribution in [0.25, 0.3) is 5.57 Å². The van der Waals surface area contributed by atoms with Crippen LogP contribution in [0.5, 0.6) is 0 Å². The standard InChI is InChI=1S/C19H22N2O3/c1-13(10-18(14(2)22)15(3)23)16-4-5-19(17(11-16)12-20)21-6-8-24-9-7-21/h4-5,11,18H,1,6-10H2,2-3H3. The molecule has 0 saturated carbocycles. The van der Waals surface area contributed by atoms with Gasteiger partial charge in [0.25, 0.3) is 0 Å². The molecule has 0 unspecified atom stereocenters. The summed E-state index contributed by atoms with van der Waals surface area (Å²) in [7, 11) is 0. The normalized spacial score (nSPS) is 14.3. The van der Waals surface area contributed by atoms with Crippen LogP contribution >= 0.6 is 0 Å². The summed E-state index contributed by atoms with van der Waals surface area (Å²) in [5.74, 6) is -0.981. The molecule has 1 aliphatic rings. The molecule has 24 heavy (non-hydrogen) atoms. The molecular weight excluding hydrogens is 304 g/mol. The Kier molecular flexibility index (Phi) is 5.88. The lowest BCUT2D eigenvalue weighted by atomic mass is 9.89. The molecule has 0 atom stereocenters. The molecule has 0 aromatic heterocycles. The predicted molar refractivity (Wildman–Crippen MR) is 92.7 cm³/mol. The Morgan fingerprint density at radius 1 is 1.29 bits per heavy atom. The third kappa shape index (κ3) is 4.09. The van der Waals surface area contributed by atoms with Gasteiger partial charge < -0.3 is 9.64 Å². The first kappa shape index (κ1) is 17.9. The van der Waals surface area contributed by atoms with Gasteiger partial charge in [0, 0.05) is 13.1 Å². The number of ether oxygens (including phenoxy) is 1. The van der Waals surface area contributed by atoms with Crippen molar-refractivity contribution in [2.75, 3.05) is 31.2 Å². The molecule has 1 aromatic rings. The van der Waals surface area contributed by atoms with Crippen LogP contribution in [0, 0.1) is 17.2 Å². The topological polar surface area (TPSA) is 70.4 Å². The number of benzene rings is 1. The molecule has 1 saturated heterocycles. The summed E-state index contributed by atoms with van der Waals surface area (Å²) in [5, 5.41) is 9.47. The van der Waals surface area contributed by atoms with Gasteiger partial charge in [-0.15, -0.1) is 0 Å². The van der Waals surface area contributed by atoms with Crippen LogP contribution < -0.4 is 4.90 Å². The molecule has 0 amide bonds. The second-order valence-electron chi connectivity index (χ2n) is 6.02. The van der Waals surface area contributed by atoms with Crippen LogP contribution in [0.15, 0.2) is 24.8 Å². The SMILES string of the molecule is C=C(CC(C(C)=O)C(C)=O)c1ccc(N2CCOCC2)c(C#N)c1. The largest absolute Gasteiger partial charge is 0.378 e. The number of morpholine rings is 1. The Morgan fingerprint density at radius 2 is 1.92 bits per heavy atom. The Hall–Kier alpha value is -2.45. The second kappa shape index (κ2) is 7.89. The monoisotopic (exact) mass is 326 g/mol. The van der Waals surface area contributed by atoms with Gasteiger partial charge in [-0.05, 0) is 43.5 Å². The first-order valence-corrected chi connectivity index (χ1v) is 8.00. The molecule has 1 aliphatic heterocycles. The maximum absolute atomic E-state index is 11.6. The van der Waals surface area contributed by atoms with E-state index in [-0.39, 0.29) is 18.0 Å². The number of anilines is 1. The van der Waals surface area contributed by atoms with Crippen molar-refractivity contribution in [3.63, 3.8) is 0 Å². The summed E-state index contributed by atoms with van der Waals surface area (Å²) in [5.41, 5.74) is 2.93. The molecule has 126 valence electrons. The molecule has 5 heteroatoms. The fraction of sp³-hybridized carbons (Fsp3) is 0.421. The number of nitrogens with zero attached hydrogens (tertiary/aromatic N) is 2. The van der Waals surface area contributed by atoms with Crippen molar-refractivity contribution >= 4 is 22.8 Å². The highest BCUT2D eigenvalue weighted by molar-refractivity contribution is 6.01. The van der Waals surface area contributed by atoms with E-state index in [4.69, 9.17) is 4.74 Å². The first-order valence-electron chi connectivity index (χ1n) is 8.00. The van der Waals surface area contributed by atoms with E-state index in [1.54, 1.807) is 6.07 Å². The Morgan fingerprint density at radius 3 is 2.46 bits per heavy atom. The highest BCUT2D eigenvalue weighted by atomic mass is 16.5. The minimum atomic E-state index is -0.665. The molecule has 1 fully saturated rings. The van der Waals surface area contributed by atoms with E-state index in [2.05, 4.69) is 17.5 Å².